The molecule has 0 saturated carbocycles. The predicted molar refractivity (Wildman–Crippen MR) is 84.9 cm³/mol. The fourth-order valence-corrected chi connectivity index (χ4v) is 1.73. The van der Waals surface area contributed by atoms with Crippen molar-refractivity contribution in [3.05, 3.63) is 71.6 Å². The van der Waals surface area contributed by atoms with Crippen molar-refractivity contribution in [1.29, 1.82) is 0 Å². The highest BCUT2D eigenvalue weighted by Crippen LogP contribution is 2.02. The van der Waals surface area contributed by atoms with Gasteiger partial charge in [-0.15, -0.1) is 0 Å². The molecule has 0 spiro atoms. The van der Waals surface area contributed by atoms with Crippen LogP contribution in [0.1, 0.15) is 21.6 Å². The molecule has 1 aromatic heterocycles. The van der Waals surface area contributed by atoms with Crippen molar-refractivity contribution in [2.24, 2.45) is 0 Å². The first-order valence-corrected chi connectivity index (χ1v) is 6.95. The monoisotopic (exact) mass is 312 g/mol. The van der Waals surface area contributed by atoms with Crippen LogP contribution in [0.5, 0.6) is 0 Å². The number of hydrogen-bond acceptors (Lipinski definition) is 4. The molecule has 0 radical (unpaired) electrons. The Morgan fingerprint density at radius 3 is 2.61 bits per heavy atom. The SMILES string of the molecule is O=C(NCC=Cc1ccc(C(=O)O)cn1)OCc1ccccc1. The number of aromatic carboxylic acids is 1. The topological polar surface area (TPSA) is 88.5 Å². The van der Waals surface area contributed by atoms with Gasteiger partial charge in [0, 0.05) is 12.7 Å². The molecule has 1 amide bonds. The van der Waals surface area contributed by atoms with Gasteiger partial charge < -0.3 is 15.2 Å². The van der Waals surface area contributed by atoms with Crippen LogP contribution in [0.2, 0.25) is 0 Å². The Morgan fingerprint density at radius 1 is 1.17 bits per heavy atom. The number of hydrogen-bond donors (Lipinski definition) is 2. The van der Waals surface area contributed by atoms with Crippen molar-refractivity contribution in [1.82, 2.24) is 10.3 Å². The molecule has 0 aliphatic carbocycles. The smallest absolute Gasteiger partial charge is 0.407 e. The van der Waals surface area contributed by atoms with E-state index in [0.29, 0.717) is 5.69 Å². The number of benzene rings is 1. The van der Waals surface area contributed by atoms with Crippen molar-refractivity contribution in [3.63, 3.8) is 0 Å². The van der Waals surface area contributed by atoms with E-state index in [1.54, 1.807) is 18.2 Å². The third kappa shape index (κ3) is 5.62. The summed E-state index contributed by atoms with van der Waals surface area (Å²) in [5, 5.41) is 11.3. The maximum Gasteiger partial charge on any atom is 0.407 e. The van der Waals surface area contributed by atoms with Gasteiger partial charge in [0.2, 0.25) is 0 Å². The molecule has 23 heavy (non-hydrogen) atoms. The van der Waals surface area contributed by atoms with Crippen LogP contribution in [0.3, 0.4) is 0 Å². The number of carbonyl (C=O) groups is 2. The Hall–Kier alpha value is -3.15. The summed E-state index contributed by atoms with van der Waals surface area (Å²) in [6.07, 6.45) is 4.16. The number of ether oxygens (including phenoxy) is 1. The zero-order chi connectivity index (χ0) is 16.5. The number of alkyl carbamates (subject to hydrolysis) is 1. The van der Waals surface area contributed by atoms with Gasteiger partial charge in [0.15, 0.2) is 0 Å². The molecule has 1 heterocycles. The minimum Gasteiger partial charge on any atom is -0.478 e. The molecule has 0 fully saturated rings. The Labute approximate surface area is 133 Å². The molecule has 1 aromatic carbocycles. The molecular formula is C17H16N2O4. The molecule has 0 saturated heterocycles. The zero-order valence-electron chi connectivity index (χ0n) is 12.3. The van der Waals surface area contributed by atoms with Crippen LogP contribution in [0.4, 0.5) is 4.79 Å². The summed E-state index contributed by atoms with van der Waals surface area (Å²) in [6.45, 7) is 0.505. The minimum atomic E-state index is -1.02. The molecule has 6 nitrogen and oxygen atoms in total. The number of nitrogens with one attached hydrogen (secondary N) is 1. The normalized spacial score (nSPS) is 10.4. The van der Waals surface area contributed by atoms with Crippen molar-refractivity contribution < 1.29 is 19.4 Å². The van der Waals surface area contributed by atoms with E-state index in [-0.39, 0.29) is 18.7 Å². The van der Waals surface area contributed by atoms with Gasteiger partial charge in [-0.3, -0.25) is 4.98 Å². The Bertz CT molecular complexity index is 681. The van der Waals surface area contributed by atoms with Gasteiger partial charge in [0.1, 0.15) is 6.61 Å². The third-order valence-corrected chi connectivity index (χ3v) is 2.90. The molecule has 2 aromatic rings. The first kappa shape index (κ1) is 16.2. The average Bonchev–Trinajstić information content (AvgIpc) is 2.58. The fourth-order valence-electron chi connectivity index (χ4n) is 1.73. The van der Waals surface area contributed by atoms with Gasteiger partial charge >= 0.3 is 12.1 Å². The molecule has 6 heteroatoms. The van der Waals surface area contributed by atoms with Crippen LogP contribution >= 0.6 is 0 Å². The number of carboxylic acid groups (broad SMARTS) is 1. The maximum atomic E-state index is 11.5. The summed E-state index contributed by atoms with van der Waals surface area (Å²) in [5.74, 6) is -1.02. The molecule has 0 unspecified atom stereocenters. The molecule has 0 aliphatic rings. The quantitative estimate of drug-likeness (QED) is 0.856. The highest BCUT2D eigenvalue weighted by molar-refractivity contribution is 5.87. The highest BCUT2D eigenvalue weighted by Gasteiger charge is 2.02. The second kappa shape index (κ2) is 8.33. The first-order valence-electron chi connectivity index (χ1n) is 6.95. The van der Waals surface area contributed by atoms with E-state index in [0.717, 1.165) is 5.56 Å². The maximum absolute atomic E-state index is 11.5. The van der Waals surface area contributed by atoms with Crippen LogP contribution in [0, 0.1) is 0 Å². The van der Waals surface area contributed by atoms with Gasteiger partial charge in [-0.05, 0) is 23.8 Å². The lowest BCUT2D eigenvalue weighted by molar-refractivity contribution is 0.0696. The molecule has 0 atom stereocenters. The molecule has 2 N–H and O–H groups in total. The van der Waals surface area contributed by atoms with Gasteiger partial charge in [-0.25, -0.2) is 9.59 Å². The summed E-state index contributed by atoms with van der Waals surface area (Å²) in [5.41, 5.74) is 1.65. The van der Waals surface area contributed by atoms with E-state index in [9.17, 15) is 9.59 Å². The molecule has 2 rings (SSSR count). The molecule has 0 aliphatic heterocycles. The second-order valence-electron chi connectivity index (χ2n) is 4.62. The fraction of sp³-hybridized carbons (Fsp3) is 0.118. The van der Waals surface area contributed by atoms with Crippen molar-refractivity contribution in [2.75, 3.05) is 6.54 Å². The molecule has 0 bridgehead atoms. The van der Waals surface area contributed by atoms with Gasteiger partial charge in [-0.1, -0.05) is 36.4 Å². The van der Waals surface area contributed by atoms with Crippen LogP contribution in [0.25, 0.3) is 6.08 Å². The van der Waals surface area contributed by atoms with E-state index in [1.807, 2.05) is 30.3 Å². The highest BCUT2D eigenvalue weighted by atomic mass is 16.5. The summed E-state index contributed by atoms with van der Waals surface area (Å²) >= 11 is 0. The Kier molecular flexibility index (Phi) is 5.88. The van der Waals surface area contributed by atoms with Crippen molar-refractivity contribution in [2.45, 2.75) is 6.61 Å². The van der Waals surface area contributed by atoms with E-state index >= 15 is 0 Å². The summed E-state index contributed by atoms with van der Waals surface area (Å²) in [7, 11) is 0. The lowest BCUT2D eigenvalue weighted by Gasteiger charge is -2.05. The zero-order valence-corrected chi connectivity index (χ0v) is 12.3. The average molecular weight is 312 g/mol. The number of nitrogens with zero attached hydrogens (tertiary/aromatic N) is 1. The van der Waals surface area contributed by atoms with E-state index < -0.39 is 12.1 Å². The molecular weight excluding hydrogens is 296 g/mol. The first-order chi connectivity index (χ1) is 11.1. The van der Waals surface area contributed by atoms with E-state index in [4.69, 9.17) is 9.84 Å². The minimum absolute atomic E-state index is 0.129. The third-order valence-electron chi connectivity index (χ3n) is 2.90. The van der Waals surface area contributed by atoms with Gasteiger partial charge in [0.25, 0.3) is 0 Å². The van der Waals surface area contributed by atoms with Crippen LogP contribution < -0.4 is 5.32 Å². The van der Waals surface area contributed by atoms with E-state index in [2.05, 4.69) is 10.3 Å². The largest absolute Gasteiger partial charge is 0.478 e. The Morgan fingerprint density at radius 2 is 1.96 bits per heavy atom. The number of rotatable bonds is 6. The van der Waals surface area contributed by atoms with Gasteiger partial charge in [0.05, 0.1) is 11.3 Å². The lowest BCUT2D eigenvalue weighted by Crippen LogP contribution is -2.24. The van der Waals surface area contributed by atoms with Crippen molar-refractivity contribution >= 4 is 18.1 Å². The van der Waals surface area contributed by atoms with Crippen LogP contribution in [-0.4, -0.2) is 28.7 Å². The van der Waals surface area contributed by atoms with Crippen molar-refractivity contribution in [3.8, 4) is 0 Å². The predicted octanol–water partition coefficient (Wildman–Crippen LogP) is 2.72. The number of carboxylic acids is 1. The molecule has 118 valence electrons. The lowest BCUT2D eigenvalue weighted by atomic mass is 10.2. The van der Waals surface area contributed by atoms with Crippen LogP contribution in [0.15, 0.2) is 54.7 Å². The second-order valence-corrected chi connectivity index (χ2v) is 4.62. The number of amides is 1. The summed E-state index contributed by atoms with van der Waals surface area (Å²) in [6, 6.07) is 12.5. The van der Waals surface area contributed by atoms with Crippen LogP contribution in [-0.2, 0) is 11.3 Å². The van der Waals surface area contributed by atoms with Gasteiger partial charge in [-0.2, -0.15) is 0 Å². The number of pyridine rings is 1. The standard InChI is InChI=1S/C17H16N2O4/c20-16(21)14-8-9-15(19-11-14)7-4-10-18-17(22)23-12-13-5-2-1-3-6-13/h1-9,11H,10,12H2,(H,18,22)(H,20,21). The summed E-state index contributed by atoms with van der Waals surface area (Å²) < 4.78 is 5.06. The van der Waals surface area contributed by atoms with E-state index in [1.165, 1.54) is 12.3 Å². The number of aromatic nitrogens is 1. The summed E-state index contributed by atoms with van der Waals surface area (Å²) in [4.78, 5) is 26.2. The number of carbonyl (C=O) groups excluding carboxylic acids is 1. The Balaban J connectivity index is 1.71.